The maximum absolute atomic E-state index is 12.8. The third kappa shape index (κ3) is 4.72. The van der Waals surface area contributed by atoms with Gasteiger partial charge in [-0.05, 0) is 37.8 Å². The Morgan fingerprint density at radius 1 is 1.40 bits per heavy atom. The lowest BCUT2D eigenvalue weighted by molar-refractivity contribution is 0.0730. The van der Waals surface area contributed by atoms with E-state index in [9.17, 15) is 13.2 Å². The van der Waals surface area contributed by atoms with Crippen molar-refractivity contribution >= 4 is 39.7 Å². The molecule has 2 aliphatic heterocycles. The van der Waals surface area contributed by atoms with Gasteiger partial charge in [0.05, 0.1) is 13.2 Å². The monoisotopic (exact) mass is 409 g/mol. The average molecular weight is 410 g/mol. The Hall–Kier alpha value is -0.710. The zero-order valence-corrected chi connectivity index (χ0v) is 16.5. The fourth-order valence-corrected chi connectivity index (χ4v) is 5.82. The van der Waals surface area contributed by atoms with Gasteiger partial charge in [-0.2, -0.15) is 4.31 Å². The zero-order chi connectivity index (χ0) is 17.2. The molecular formula is C15H24ClN3O4S2. The average Bonchev–Trinajstić information content (AvgIpc) is 3.06. The predicted octanol–water partition coefficient (Wildman–Crippen LogP) is 1.06. The molecule has 3 heterocycles. The van der Waals surface area contributed by atoms with E-state index in [1.54, 1.807) is 5.38 Å². The van der Waals surface area contributed by atoms with Crippen molar-refractivity contribution in [2.75, 3.05) is 32.8 Å². The number of piperidine rings is 1. The number of hydrogen-bond acceptors (Lipinski definition) is 6. The van der Waals surface area contributed by atoms with Gasteiger partial charge in [0.1, 0.15) is 9.77 Å². The first kappa shape index (κ1) is 20.6. The number of ether oxygens (including phenoxy) is 1. The van der Waals surface area contributed by atoms with E-state index in [1.807, 2.05) is 0 Å². The van der Waals surface area contributed by atoms with E-state index in [0.717, 1.165) is 19.4 Å². The summed E-state index contributed by atoms with van der Waals surface area (Å²) in [6.45, 7) is 4.36. The summed E-state index contributed by atoms with van der Waals surface area (Å²) in [6, 6.07) is 1.95. The van der Waals surface area contributed by atoms with Gasteiger partial charge < -0.3 is 15.4 Å². The minimum Gasteiger partial charge on any atom is -0.379 e. The van der Waals surface area contributed by atoms with Gasteiger partial charge >= 0.3 is 0 Å². The van der Waals surface area contributed by atoms with E-state index >= 15 is 0 Å². The number of rotatable bonds is 4. The van der Waals surface area contributed by atoms with E-state index in [2.05, 4.69) is 17.6 Å². The van der Waals surface area contributed by atoms with Crippen molar-refractivity contribution in [1.29, 1.82) is 0 Å². The molecule has 7 nitrogen and oxygen atoms in total. The first-order chi connectivity index (χ1) is 11.5. The highest BCUT2D eigenvalue weighted by molar-refractivity contribution is 7.89. The first-order valence-electron chi connectivity index (χ1n) is 8.18. The van der Waals surface area contributed by atoms with Crippen LogP contribution in [0.25, 0.3) is 0 Å². The van der Waals surface area contributed by atoms with Crippen molar-refractivity contribution in [3.8, 4) is 0 Å². The van der Waals surface area contributed by atoms with Gasteiger partial charge in [0.15, 0.2) is 0 Å². The van der Waals surface area contributed by atoms with E-state index in [0.29, 0.717) is 32.3 Å². The molecule has 1 aromatic rings. The number of carbonyl (C=O) groups is 1. The molecule has 2 fully saturated rings. The molecule has 10 heteroatoms. The van der Waals surface area contributed by atoms with Gasteiger partial charge in [-0.25, -0.2) is 8.42 Å². The molecule has 0 saturated carbocycles. The number of morpholine rings is 1. The standard InChI is InChI=1S/C15H23N3O4S2.ClH/c1-11-10-12(2-4-16-11)17-15(19)14-13(3-9-23-14)24(20,21)18-5-7-22-8-6-18;/h3,9,11-12,16H,2,4-8,10H2,1H3,(H,17,19);1H. The molecule has 2 saturated heterocycles. The van der Waals surface area contributed by atoms with Crippen LogP contribution in [0.1, 0.15) is 29.4 Å². The van der Waals surface area contributed by atoms with Crippen molar-refractivity contribution in [3.63, 3.8) is 0 Å². The van der Waals surface area contributed by atoms with Crippen LogP contribution in [0.15, 0.2) is 16.3 Å². The van der Waals surface area contributed by atoms with Crippen LogP contribution in [0.4, 0.5) is 0 Å². The maximum Gasteiger partial charge on any atom is 0.262 e. The predicted molar refractivity (Wildman–Crippen MR) is 99.1 cm³/mol. The lowest BCUT2D eigenvalue weighted by Crippen LogP contribution is -2.46. The van der Waals surface area contributed by atoms with Crippen LogP contribution >= 0.6 is 23.7 Å². The number of thiophene rings is 1. The molecule has 0 spiro atoms. The van der Waals surface area contributed by atoms with Gasteiger partial charge in [-0.3, -0.25) is 4.79 Å². The molecule has 0 aromatic carbocycles. The molecule has 2 atom stereocenters. The Morgan fingerprint density at radius 3 is 2.80 bits per heavy atom. The van der Waals surface area contributed by atoms with Crippen LogP contribution in [0, 0.1) is 0 Å². The second kappa shape index (κ2) is 8.79. The first-order valence-corrected chi connectivity index (χ1v) is 10.5. The second-order valence-electron chi connectivity index (χ2n) is 6.18. The molecule has 1 aromatic heterocycles. The van der Waals surface area contributed by atoms with Crippen molar-refractivity contribution in [3.05, 3.63) is 16.3 Å². The number of hydrogen-bond donors (Lipinski definition) is 2. The summed E-state index contributed by atoms with van der Waals surface area (Å²) in [4.78, 5) is 13.0. The summed E-state index contributed by atoms with van der Waals surface area (Å²) < 4.78 is 32.2. The molecular weight excluding hydrogens is 386 g/mol. The van der Waals surface area contributed by atoms with Crippen LogP contribution in [0.3, 0.4) is 0 Å². The molecule has 25 heavy (non-hydrogen) atoms. The third-order valence-corrected chi connectivity index (χ3v) is 7.37. The van der Waals surface area contributed by atoms with E-state index in [-0.39, 0.29) is 34.1 Å². The molecule has 2 unspecified atom stereocenters. The largest absolute Gasteiger partial charge is 0.379 e. The van der Waals surface area contributed by atoms with Crippen LogP contribution in [0.5, 0.6) is 0 Å². The SMILES string of the molecule is CC1CC(NC(=O)c2sccc2S(=O)(=O)N2CCOCC2)CCN1.Cl. The summed E-state index contributed by atoms with van der Waals surface area (Å²) in [5.74, 6) is -0.295. The van der Waals surface area contributed by atoms with Gasteiger partial charge in [0, 0.05) is 25.2 Å². The highest BCUT2D eigenvalue weighted by atomic mass is 35.5. The number of sulfonamides is 1. The highest BCUT2D eigenvalue weighted by Gasteiger charge is 2.32. The Balaban J connectivity index is 0.00000225. The van der Waals surface area contributed by atoms with Gasteiger partial charge in [-0.1, -0.05) is 0 Å². The van der Waals surface area contributed by atoms with Gasteiger partial charge in [-0.15, -0.1) is 23.7 Å². The van der Waals surface area contributed by atoms with Crippen LogP contribution in [-0.2, 0) is 14.8 Å². The molecule has 0 aliphatic carbocycles. The fraction of sp³-hybridized carbons (Fsp3) is 0.667. The summed E-state index contributed by atoms with van der Waals surface area (Å²) >= 11 is 1.17. The van der Waals surface area contributed by atoms with Crippen molar-refractivity contribution < 1.29 is 17.9 Å². The fourth-order valence-electron chi connectivity index (χ4n) is 3.11. The normalized spacial score (nSPS) is 25.2. The van der Waals surface area contributed by atoms with E-state index in [1.165, 1.54) is 21.7 Å². The number of nitrogens with zero attached hydrogens (tertiary/aromatic N) is 1. The Bertz CT molecular complexity index is 689. The van der Waals surface area contributed by atoms with Crippen LogP contribution in [-0.4, -0.2) is 63.6 Å². The second-order valence-corrected chi connectivity index (χ2v) is 9.00. The summed E-state index contributed by atoms with van der Waals surface area (Å²) in [7, 11) is -3.66. The number of nitrogens with one attached hydrogen (secondary N) is 2. The number of amides is 1. The zero-order valence-electron chi connectivity index (χ0n) is 14.1. The van der Waals surface area contributed by atoms with Gasteiger partial charge in [0.25, 0.3) is 5.91 Å². The molecule has 2 N–H and O–H groups in total. The molecule has 0 bridgehead atoms. The number of halogens is 1. The van der Waals surface area contributed by atoms with Crippen LogP contribution < -0.4 is 10.6 Å². The maximum atomic E-state index is 12.8. The third-order valence-electron chi connectivity index (χ3n) is 4.38. The summed E-state index contributed by atoms with van der Waals surface area (Å²) in [5, 5.41) is 7.99. The summed E-state index contributed by atoms with van der Waals surface area (Å²) in [5.41, 5.74) is 0. The van der Waals surface area contributed by atoms with Gasteiger partial charge in [0.2, 0.25) is 10.0 Å². The van der Waals surface area contributed by atoms with E-state index in [4.69, 9.17) is 4.74 Å². The Kier molecular flexibility index (Phi) is 7.24. The van der Waals surface area contributed by atoms with Crippen molar-refractivity contribution in [2.45, 2.75) is 36.7 Å². The van der Waals surface area contributed by atoms with Crippen molar-refractivity contribution in [1.82, 2.24) is 14.9 Å². The molecule has 2 aliphatic rings. The molecule has 0 radical (unpaired) electrons. The lowest BCUT2D eigenvalue weighted by Gasteiger charge is -2.29. The quantitative estimate of drug-likeness (QED) is 0.776. The summed E-state index contributed by atoms with van der Waals surface area (Å²) in [6.07, 6.45) is 1.70. The minimum atomic E-state index is -3.66. The van der Waals surface area contributed by atoms with Crippen LogP contribution in [0.2, 0.25) is 0 Å². The minimum absolute atomic E-state index is 0. The lowest BCUT2D eigenvalue weighted by atomic mass is 10.0. The number of carbonyl (C=O) groups excluding carboxylic acids is 1. The van der Waals surface area contributed by atoms with E-state index < -0.39 is 10.0 Å². The highest BCUT2D eigenvalue weighted by Crippen LogP contribution is 2.26. The Labute approximate surface area is 158 Å². The Morgan fingerprint density at radius 2 is 2.12 bits per heavy atom. The molecule has 1 amide bonds. The molecule has 3 rings (SSSR count). The molecule has 142 valence electrons. The smallest absolute Gasteiger partial charge is 0.262 e. The topological polar surface area (TPSA) is 87.7 Å². The van der Waals surface area contributed by atoms with Crippen molar-refractivity contribution in [2.24, 2.45) is 0 Å².